The molecule has 0 unspecified atom stereocenters. The normalized spacial score (nSPS) is 23.2. The lowest BCUT2D eigenvalue weighted by Gasteiger charge is -2.43. The Bertz CT molecular complexity index is 719. The molecule has 3 saturated heterocycles. The lowest BCUT2D eigenvalue weighted by Crippen LogP contribution is -2.54. The van der Waals surface area contributed by atoms with Crippen molar-refractivity contribution >= 4 is 11.8 Å². The lowest BCUT2D eigenvalue weighted by atomic mass is 9.88. The molecule has 0 aliphatic carbocycles. The van der Waals surface area contributed by atoms with Gasteiger partial charge in [0, 0.05) is 50.1 Å². The third kappa shape index (κ3) is 5.69. The van der Waals surface area contributed by atoms with Crippen LogP contribution in [0.15, 0.2) is 23.2 Å². The number of aromatic nitrogens is 1. The first-order valence-corrected chi connectivity index (χ1v) is 12.2. The first-order chi connectivity index (χ1) is 15.2. The molecule has 31 heavy (non-hydrogen) atoms. The van der Waals surface area contributed by atoms with E-state index in [2.05, 4.69) is 52.5 Å². The standard InChI is InChI=1S/C24H40N6O/c1-3-25-23(26-19-24(11-17-31-18-12-24)30-13-4-5-14-30)28-21-9-15-29(16-10-21)22-8-6-7-20(2)27-22/h6-8,21H,3-5,9-19H2,1-2H3,(H2,25,26,28). The van der Waals surface area contributed by atoms with Gasteiger partial charge in [-0.1, -0.05) is 6.07 Å². The molecule has 7 nitrogen and oxygen atoms in total. The number of ether oxygens (including phenoxy) is 1. The summed E-state index contributed by atoms with van der Waals surface area (Å²) in [7, 11) is 0. The van der Waals surface area contributed by atoms with Crippen LogP contribution < -0.4 is 15.5 Å². The van der Waals surface area contributed by atoms with E-state index in [0.29, 0.717) is 6.04 Å². The summed E-state index contributed by atoms with van der Waals surface area (Å²) in [6.45, 7) is 12.2. The van der Waals surface area contributed by atoms with Gasteiger partial charge in [0.2, 0.25) is 0 Å². The van der Waals surface area contributed by atoms with Gasteiger partial charge in [-0.05, 0) is 77.6 Å². The Morgan fingerprint density at radius 2 is 1.90 bits per heavy atom. The van der Waals surface area contributed by atoms with Crippen LogP contribution in [0.1, 0.15) is 51.1 Å². The Kier molecular flexibility index (Phi) is 7.67. The molecule has 0 aromatic carbocycles. The average Bonchev–Trinajstić information content (AvgIpc) is 3.35. The van der Waals surface area contributed by atoms with Crippen molar-refractivity contribution in [3.63, 3.8) is 0 Å². The maximum Gasteiger partial charge on any atom is 0.191 e. The molecule has 0 bridgehead atoms. The number of pyridine rings is 1. The zero-order valence-corrected chi connectivity index (χ0v) is 19.4. The number of anilines is 1. The molecule has 0 amide bonds. The van der Waals surface area contributed by atoms with Gasteiger partial charge in [-0.25, -0.2) is 4.98 Å². The van der Waals surface area contributed by atoms with E-state index in [0.717, 1.165) is 82.5 Å². The van der Waals surface area contributed by atoms with E-state index in [9.17, 15) is 0 Å². The fourth-order valence-electron chi connectivity index (χ4n) is 5.21. The minimum absolute atomic E-state index is 0.178. The molecule has 4 rings (SSSR count). The quantitative estimate of drug-likeness (QED) is 0.536. The molecule has 2 N–H and O–H groups in total. The smallest absolute Gasteiger partial charge is 0.191 e. The summed E-state index contributed by atoms with van der Waals surface area (Å²) < 4.78 is 5.70. The Morgan fingerprint density at radius 3 is 2.58 bits per heavy atom. The fraction of sp³-hybridized carbons (Fsp3) is 0.750. The van der Waals surface area contributed by atoms with Crippen molar-refractivity contribution in [2.24, 2.45) is 4.99 Å². The van der Waals surface area contributed by atoms with Crippen molar-refractivity contribution in [3.8, 4) is 0 Å². The minimum atomic E-state index is 0.178. The second-order valence-corrected chi connectivity index (χ2v) is 9.27. The largest absolute Gasteiger partial charge is 0.381 e. The fourth-order valence-corrected chi connectivity index (χ4v) is 5.21. The van der Waals surface area contributed by atoms with Crippen LogP contribution in [0.2, 0.25) is 0 Å². The molecule has 3 aliphatic heterocycles. The number of nitrogens with zero attached hydrogens (tertiary/aromatic N) is 4. The molecule has 0 radical (unpaired) electrons. The van der Waals surface area contributed by atoms with Crippen molar-refractivity contribution in [2.75, 3.05) is 57.4 Å². The summed E-state index contributed by atoms with van der Waals surface area (Å²) in [5.41, 5.74) is 1.26. The monoisotopic (exact) mass is 428 g/mol. The third-order valence-electron chi connectivity index (χ3n) is 7.11. The van der Waals surface area contributed by atoms with Gasteiger partial charge in [0.25, 0.3) is 0 Å². The maximum absolute atomic E-state index is 5.70. The van der Waals surface area contributed by atoms with Crippen LogP contribution in [0.5, 0.6) is 0 Å². The first kappa shape index (κ1) is 22.3. The van der Waals surface area contributed by atoms with E-state index in [-0.39, 0.29) is 5.54 Å². The second-order valence-electron chi connectivity index (χ2n) is 9.27. The highest BCUT2D eigenvalue weighted by Gasteiger charge is 2.39. The molecule has 4 heterocycles. The molecule has 1 aromatic rings. The van der Waals surface area contributed by atoms with Gasteiger partial charge in [0.1, 0.15) is 5.82 Å². The Labute approximate surface area is 187 Å². The van der Waals surface area contributed by atoms with Crippen molar-refractivity contribution in [3.05, 3.63) is 23.9 Å². The van der Waals surface area contributed by atoms with Crippen LogP contribution >= 0.6 is 0 Å². The number of hydrogen-bond donors (Lipinski definition) is 2. The lowest BCUT2D eigenvalue weighted by molar-refractivity contribution is -0.0139. The molecule has 0 spiro atoms. The molecular formula is C24H40N6O. The highest BCUT2D eigenvalue weighted by atomic mass is 16.5. The summed E-state index contributed by atoms with van der Waals surface area (Å²) in [4.78, 5) is 14.9. The van der Waals surface area contributed by atoms with Gasteiger partial charge in [-0.15, -0.1) is 0 Å². The van der Waals surface area contributed by atoms with Gasteiger partial charge in [0.05, 0.1) is 6.54 Å². The number of piperidine rings is 1. The van der Waals surface area contributed by atoms with E-state index in [1.807, 2.05) is 0 Å². The number of aryl methyl sites for hydroxylation is 1. The first-order valence-electron chi connectivity index (χ1n) is 12.2. The van der Waals surface area contributed by atoms with Gasteiger partial charge in [0.15, 0.2) is 5.96 Å². The number of aliphatic imine (C=N–C) groups is 1. The van der Waals surface area contributed by atoms with E-state index in [1.54, 1.807) is 0 Å². The molecule has 172 valence electrons. The molecule has 7 heteroatoms. The summed E-state index contributed by atoms with van der Waals surface area (Å²) >= 11 is 0. The van der Waals surface area contributed by atoms with Crippen LogP contribution in [0.25, 0.3) is 0 Å². The zero-order chi connectivity index (χ0) is 21.5. The van der Waals surface area contributed by atoms with E-state index in [4.69, 9.17) is 14.7 Å². The zero-order valence-electron chi connectivity index (χ0n) is 19.4. The van der Waals surface area contributed by atoms with E-state index in [1.165, 1.54) is 25.9 Å². The second kappa shape index (κ2) is 10.6. The van der Waals surface area contributed by atoms with Gasteiger partial charge in [-0.3, -0.25) is 9.89 Å². The minimum Gasteiger partial charge on any atom is -0.381 e. The van der Waals surface area contributed by atoms with Gasteiger partial charge >= 0.3 is 0 Å². The van der Waals surface area contributed by atoms with Crippen molar-refractivity contribution in [1.29, 1.82) is 0 Å². The molecule has 1 aromatic heterocycles. The predicted octanol–water partition coefficient (Wildman–Crippen LogP) is 2.56. The van der Waals surface area contributed by atoms with Crippen LogP contribution in [0.3, 0.4) is 0 Å². The summed E-state index contributed by atoms with van der Waals surface area (Å²) in [5.74, 6) is 2.07. The topological polar surface area (TPSA) is 65.0 Å². The molecule has 3 fully saturated rings. The number of nitrogens with one attached hydrogen (secondary N) is 2. The Hall–Kier alpha value is -1.86. The molecule has 0 saturated carbocycles. The van der Waals surface area contributed by atoms with Crippen molar-refractivity contribution in [1.82, 2.24) is 20.5 Å². The number of hydrogen-bond acceptors (Lipinski definition) is 5. The molecule has 0 atom stereocenters. The Balaban J connectivity index is 1.35. The van der Waals surface area contributed by atoms with Gasteiger partial charge in [-0.2, -0.15) is 0 Å². The highest BCUT2D eigenvalue weighted by molar-refractivity contribution is 5.80. The average molecular weight is 429 g/mol. The van der Waals surface area contributed by atoms with Crippen LogP contribution in [-0.2, 0) is 4.74 Å². The van der Waals surface area contributed by atoms with Gasteiger partial charge < -0.3 is 20.3 Å². The van der Waals surface area contributed by atoms with Crippen LogP contribution in [-0.4, -0.2) is 79.9 Å². The number of rotatable bonds is 6. The Morgan fingerprint density at radius 1 is 1.16 bits per heavy atom. The molecular weight excluding hydrogens is 388 g/mol. The summed E-state index contributed by atoms with van der Waals surface area (Å²) in [6.07, 6.45) is 7.03. The number of likely N-dealkylation sites (tertiary alicyclic amines) is 1. The van der Waals surface area contributed by atoms with Crippen LogP contribution in [0.4, 0.5) is 5.82 Å². The SMILES string of the molecule is CCNC(=NCC1(N2CCCC2)CCOCC1)NC1CCN(c2cccc(C)n2)CC1. The maximum atomic E-state index is 5.70. The van der Waals surface area contributed by atoms with E-state index >= 15 is 0 Å². The highest BCUT2D eigenvalue weighted by Crippen LogP contribution is 2.31. The predicted molar refractivity (Wildman–Crippen MR) is 127 cm³/mol. The van der Waals surface area contributed by atoms with Crippen LogP contribution in [0, 0.1) is 6.92 Å². The summed E-state index contributed by atoms with van der Waals surface area (Å²) in [6, 6.07) is 6.74. The van der Waals surface area contributed by atoms with Crippen molar-refractivity contribution < 1.29 is 4.74 Å². The molecule has 3 aliphatic rings. The number of guanidine groups is 1. The van der Waals surface area contributed by atoms with E-state index < -0.39 is 0 Å². The summed E-state index contributed by atoms with van der Waals surface area (Å²) in [5, 5.41) is 7.22. The third-order valence-corrected chi connectivity index (χ3v) is 7.11. The van der Waals surface area contributed by atoms with Crippen molar-refractivity contribution in [2.45, 2.75) is 64.0 Å².